The number of fused-ring (bicyclic) bond motifs is 1. The summed E-state index contributed by atoms with van der Waals surface area (Å²) in [4.78, 5) is 8.48. The van der Waals surface area contributed by atoms with E-state index in [-0.39, 0.29) is 23.1 Å². The molecule has 2 aromatic heterocycles. The van der Waals surface area contributed by atoms with Crippen LogP contribution in [0.25, 0.3) is 16.6 Å². The van der Waals surface area contributed by atoms with Crippen molar-refractivity contribution in [1.29, 1.82) is 0 Å². The number of methoxy groups -OCH3 is 3. The summed E-state index contributed by atoms with van der Waals surface area (Å²) in [6.07, 6.45) is 6.81. The van der Waals surface area contributed by atoms with Crippen LogP contribution < -0.4 is 33.2 Å². The Balaban J connectivity index is 1.41. The molecule has 0 amide bonds. The third-order valence-electron chi connectivity index (χ3n) is 5.48. The monoisotopic (exact) mass is 495 g/mol. The van der Waals surface area contributed by atoms with Gasteiger partial charge in [0.25, 0.3) is 5.88 Å². The molecule has 13 heteroatoms. The van der Waals surface area contributed by atoms with Gasteiger partial charge in [-0.15, -0.1) is 0 Å². The molecule has 1 atom stereocenters. The number of hydrogen-bond donors (Lipinski definition) is 1. The third kappa shape index (κ3) is 3.29. The summed E-state index contributed by atoms with van der Waals surface area (Å²) < 4.78 is 47.8. The van der Waals surface area contributed by atoms with Gasteiger partial charge >= 0.3 is 7.82 Å². The lowest BCUT2D eigenvalue weighted by Gasteiger charge is -2.18. The first-order chi connectivity index (χ1) is 17.0. The molecule has 0 spiro atoms. The first kappa shape index (κ1) is 21.1. The van der Waals surface area contributed by atoms with Crippen LogP contribution in [0.4, 0.5) is 5.69 Å². The summed E-state index contributed by atoms with van der Waals surface area (Å²) in [6.45, 7) is 0. The van der Waals surface area contributed by atoms with E-state index in [4.69, 9.17) is 27.8 Å². The van der Waals surface area contributed by atoms with Crippen molar-refractivity contribution in [3.63, 3.8) is 0 Å². The number of phosphoric acid groups is 1. The zero-order valence-corrected chi connectivity index (χ0v) is 19.6. The Bertz CT molecular complexity index is 1550. The van der Waals surface area contributed by atoms with E-state index in [1.54, 1.807) is 31.9 Å². The van der Waals surface area contributed by atoms with Crippen LogP contribution >= 0.6 is 7.82 Å². The first-order valence-corrected chi connectivity index (χ1v) is 11.8. The van der Waals surface area contributed by atoms with E-state index in [9.17, 15) is 4.57 Å². The van der Waals surface area contributed by atoms with Crippen molar-refractivity contribution in [2.75, 3.05) is 26.8 Å². The molecule has 3 bridgehead atoms. The number of nitrogens with one attached hydrogen (secondary N) is 1. The number of ether oxygens (including phenoxy) is 3. The molecular formula is C22H18N5O7P. The maximum Gasteiger partial charge on any atom is 0.648 e. The second-order valence-corrected chi connectivity index (χ2v) is 8.89. The molecule has 35 heavy (non-hydrogen) atoms. The van der Waals surface area contributed by atoms with Gasteiger partial charge in [-0.05, 0) is 17.7 Å². The van der Waals surface area contributed by atoms with Gasteiger partial charge in [0.2, 0.25) is 11.5 Å². The number of benzene rings is 2. The maximum atomic E-state index is 13.0. The zero-order chi connectivity index (χ0) is 24.2. The standard InChI is InChI=1S/C22H18N5O7P/c1-29-15-8-12(4-5-14(15)27-7-6-23-11-27)10-24-26-18-17-13-9-16(30-2)19(31-3)20(17)32-35(28)33-21(18)22(25-13)34-35/h4-11H,1-3H3,(H,25,26)/b24-10+. The molecule has 2 aliphatic heterocycles. The zero-order valence-electron chi connectivity index (χ0n) is 18.7. The topological polar surface area (TPSA) is 128 Å². The summed E-state index contributed by atoms with van der Waals surface area (Å²) in [5.74, 6) is 1.51. The molecule has 4 heterocycles. The summed E-state index contributed by atoms with van der Waals surface area (Å²) in [7, 11) is 0.536. The van der Waals surface area contributed by atoms with Crippen molar-refractivity contribution < 1.29 is 32.3 Å². The van der Waals surface area contributed by atoms with Crippen LogP contribution in [0.2, 0.25) is 0 Å². The van der Waals surface area contributed by atoms with Crippen LogP contribution in [-0.4, -0.2) is 42.1 Å². The largest absolute Gasteiger partial charge is 0.648 e. The van der Waals surface area contributed by atoms with Crippen molar-refractivity contribution in [2.24, 2.45) is 5.10 Å². The van der Waals surface area contributed by atoms with E-state index in [1.165, 1.54) is 14.2 Å². The molecule has 178 valence electrons. The van der Waals surface area contributed by atoms with E-state index in [2.05, 4.69) is 20.5 Å². The lowest BCUT2D eigenvalue weighted by atomic mass is 10.1. The highest BCUT2D eigenvalue weighted by molar-refractivity contribution is 7.50. The lowest BCUT2D eigenvalue weighted by Crippen LogP contribution is -2.04. The van der Waals surface area contributed by atoms with E-state index >= 15 is 0 Å². The molecule has 0 fully saturated rings. The average Bonchev–Trinajstić information content (AvgIpc) is 3.48. The van der Waals surface area contributed by atoms with Crippen molar-refractivity contribution in [3.05, 3.63) is 48.5 Å². The lowest BCUT2D eigenvalue weighted by molar-refractivity contribution is 0.310. The molecular weight excluding hydrogens is 477 g/mol. The van der Waals surface area contributed by atoms with E-state index in [0.717, 1.165) is 11.3 Å². The Morgan fingerprint density at radius 3 is 2.63 bits per heavy atom. The second-order valence-electron chi connectivity index (χ2n) is 7.45. The summed E-state index contributed by atoms with van der Waals surface area (Å²) in [5.41, 5.74) is 5.39. The SMILES string of the molecule is COc1cc(/C=N/Nc2c3c4nc5cc(OC)c(OC)c(c25)OP(=O)(O4)O3)ccc1-n1ccnc1. The van der Waals surface area contributed by atoms with Gasteiger partial charge in [-0.1, -0.05) is 6.07 Å². The highest BCUT2D eigenvalue weighted by atomic mass is 31.2. The van der Waals surface area contributed by atoms with Crippen LogP contribution in [0, 0.1) is 0 Å². The number of pyridine rings is 1. The maximum absolute atomic E-state index is 13.0. The van der Waals surface area contributed by atoms with Crippen LogP contribution in [0.1, 0.15) is 5.56 Å². The number of nitrogens with zero attached hydrogens (tertiary/aromatic N) is 4. The molecule has 12 nitrogen and oxygen atoms in total. The van der Waals surface area contributed by atoms with E-state index in [0.29, 0.717) is 28.1 Å². The Labute approximate surface area is 198 Å². The number of phosphoric ester groups is 1. The minimum atomic E-state index is -3.99. The number of imidazole rings is 1. The smallest absolute Gasteiger partial charge is 0.495 e. The fourth-order valence-corrected chi connectivity index (χ4v) is 5.18. The van der Waals surface area contributed by atoms with E-state index < -0.39 is 7.82 Å². The van der Waals surface area contributed by atoms with Gasteiger partial charge in [-0.3, -0.25) is 5.43 Å². The molecule has 0 saturated carbocycles. The van der Waals surface area contributed by atoms with Crippen molar-refractivity contribution in [2.45, 2.75) is 0 Å². The average molecular weight is 495 g/mol. The molecule has 1 unspecified atom stereocenters. The third-order valence-corrected chi connectivity index (χ3v) is 6.69. The van der Waals surface area contributed by atoms with Gasteiger partial charge in [0.05, 0.1) is 50.5 Å². The fraction of sp³-hybridized carbons (Fsp3) is 0.136. The van der Waals surface area contributed by atoms with Crippen molar-refractivity contribution in [1.82, 2.24) is 14.5 Å². The molecule has 2 aliphatic rings. The van der Waals surface area contributed by atoms with Gasteiger partial charge in [0.1, 0.15) is 11.4 Å². The quantitative estimate of drug-likeness (QED) is 0.227. The van der Waals surface area contributed by atoms with Gasteiger partial charge in [-0.25, -0.2) is 9.97 Å². The molecule has 1 N–H and O–H groups in total. The van der Waals surface area contributed by atoms with Crippen molar-refractivity contribution in [3.8, 4) is 40.3 Å². The molecule has 0 saturated heterocycles. The van der Waals surface area contributed by atoms with Gasteiger partial charge < -0.3 is 32.3 Å². The summed E-state index contributed by atoms with van der Waals surface area (Å²) >= 11 is 0. The first-order valence-electron chi connectivity index (χ1n) is 10.3. The highest BCUT2D eigenvalue weighted by Crippen LogP contribution is 2.67. The normalized spacial score (nSPS) is 17.2. The Morgan fingerprint density at radius 2 is 1.89 bits per heavy atom. The fourth-order valence-electron chi connectivity index (χ4n) is 3.95. The molecule has 0 aliphatic carbocycles. The number of hydrogen-bond acceptors (Lipinski definition) is 11. The van der Waals surface area contributed by atoms with Crippen LogP contribution in [-0.2, 0) is 4.57 Å². The Morgan fingerprint density at radius 1 is 1.06 bits per heavy atom. The van der Waals surface area contributed by atoms with Crippen LogP contribution in [0.5, 0.6) is 34.6 Å². The van der Waals surface area contributed by atoms with E-state index in [1.807, 2.05) is 29.0 Å². The Hall–Kier alpha value is -4.44. The number of aromatic nitrogens is 3. The van der Waals surface area contributed by atoms with Crippen LogP contribution in [0.15, 0.2) is 48.1 Å². The van der Waals surface area contributed by atoms with Gasteiger partial charge in [0.15, 0.2) is 11.5 Å². The van der Waals surface area contributed by atoms with Crippen LogP contribution in [0.3, 0.4) is 0 Å². The predicted octanol–water partition coefficient (Wildman–Crippen LogP) is 4.16. The van der Waals surface area contributed by atoms with Gasteiger partial charge in [-0.2, -0.15) is 9.67 Å². The number of anilines is 1. The predicted molar refractivity (Wildman–Crippen MR) is 126 cm³/mol. The summed E-state index contributed by atoms with van der Waals surface area (Å²) in [5, 5.41) is 4.82. The van der Waals surface area contributed by atoms with Gasteiger partial charge in [0, 0.05) is 18.5 Å². The molecule has 6 rings (SSSR count). The molecule has 0 radical (unpaired) electrons. The number of rotatable bonds is 7. The minimum absolute atomic E-state index is 0.0303. The number of hydrazone groups is 1. The highest BCUT2D eigenvalue weighted by Gasteiger charge is 2.49. The molecule has 2 aromatic carbocycles. The minimum Gasteiger partial charge on any atom is -0.495 e. The Kier molecular flexibility index (Phi) is 4.71. The molecule has 4 aromatic rings. The summed E-state index contributed by atoms with van der Waals surface area (Å²) in [6, 6.07) is 7.27. The van der Waals surface area contributed by atoms with Crippen molar-refractivity contribution >= 4 is 30.6 Å². The second kappa shape index (κ2) is 7.81.